The van der Waals surface area contributed by atoms with Crippen LogP contribution >= 0.6 is 27.4 Å². The fraction of sp³-hybridized carbons (Fsp3) is 0.0833. The summed E-state index contributed by atoms with van der Waals surface area (Å²) in [6.07, 6.45) is 0. The zero-order valence-electron chi connectivity index (χ0n) is 30.2. The fourth-order valence-electron chi connectivity index (χ4n) is 6.50. The SMILES string of the molecule is Cc1ccc(P(c2ccc(C)cc2)[c-]2[cH-][cH-][c-](Cl)[c-]2-c2cccc3ccccc23)cc1.Cc1ccc(P(c2ccc(C)cc2)[c-]2cccc2)cc1.[Fe].[Ni]. The van der Waals surface area contributed by atoms with Crippen LogP contribution < -0.4 is 31.8 Å². The van der Waals surface area contributed by atoms with Crippen LogP contribution in [0.4, 0.5) is 0 Å². The molecule has 53 heavy (non-hydrogen) atoms. The van der Waals surface area contributed by atoms with Crippen molar-refractivity contribution in [2.45, 2.75) is 27.7 Å². The number of rotatable bonds is 7. The Labute approximate surface area is 343 Å². The van der Waals surface area contributed by atoms with Gasteiger partial charge in [-0.1, -0.05) is 164 Å². The molecular weight excluding hydrogens is 788 g/mol. The molecule has 0 amide bonds. The van der Waals surface area contributed by atoms with Gasteiger partial charge in [0.2, 0.25) is 0 Å². The molecule has 0 aliphatic rings. The molecule has 0 aromatic heterocycles. The Morgan fingerprint density at radius 3 is 1.36 bits per heavy atom. The topological polar surface area (TPSA) is 0 Å². The number of benzene rings is 6. The van der Waals surface area contributed by atoms with Crippen molar-refractivity contribution in [3.63, 3.8) is 0 Å². The van der Waals surface area contributed by atoms with Crippen molar-refractivity contribution >= 4 is 70.0 Å². The Kier molecular flexibility index (Phi) is 14.3. The van der Waals surface area contributed by atoms with Crippen LogP contribution in [-0.4, -0.2) is 0 Å². The molecule has 0 saturated heterocycles. The van der Waals surface area contributed by atoms with Gasteiger partial charge in [-0.2, -0.15) is 17.5 Å². The Morgan fingerprint density at radius 1 is 0.472 bits per heavy atom. The van der Waals surface area contributed by atoms with Crippen LogP contribution in [-0.2, 0) is 33.6 Å². The van der Waals surface area contributed by atoms with Crippen LogP contribution in [0.25, 0.3) is 21.9 Å². The largest absolute Gasteiger partial charge is 0.769 e. The first-order chi connectivity index (χ1) is 24.9. The van der Waals surface area contributed by atoms with Gasteiger partial charge in [0.15, 0.2) is 0 Å². The summed E-state index contributed by atoms with van der Waals surface area (Å²) < 4.78 is 0. The number of aryl methyl sites for hydroxylation is 4. The van der Waals surface area contributed by atoms with E-state index in [2.05, 4.69) is 204 Å². The first kappa shape index (κ1) is 40.6. The van der Waals surface area contributed by atoms with Crippen LogP contribution in [0, 0.1) is 27.7 Å². The maximum atomic E-state index is 6.86. The van der Waals surface area contributed by atoms with Crippen LogP contribution in [0.5, 0.6) is 0 Å². The van der Waals surface area contributed by atoms with E-state index in [1.807, 2.05) is 0 Å². The standard InChI is InChI=1S/C29H23ClP.C19H18P.Fe.Ni/c1-20-10-14-23(15-11-20)31(24-16-12-21(2)13-17-24)28-19-18-27(30)29(28)26-9-5-7-22-6-3-4-8-25(22)26;1-15-7-11-18(12-8-15)20(17-5-3-4-6-17)19-13-9-16(2)10-14-19;;/h3-19H,1-2H3;3-14H,1-2H3;;/q-5;-1;;. The van der Waals surface area contributed by atoms with E-state index in [4.69, 9.17) is 11.6 Å². The van der Waals surface area contributed by atoms with Crippen molar-refractivity contribution in [3.8, 4) is 11.1 Å². The Morgan fingerprint density at radius 2 is 0.887 bits per heavy atom. The molecule has 0 spiro atoms. The molecule has 8 rings (SSSR count). The number of hydrogen-bond acceptors (Lipinski definition) is 0. The summed E-state index contributed by atoms with van der Waals surface area (Å²) in [6, 6.07) is 63.9. The van der Waals surface area contributed by atoms with E-state index >= 15 is 0 Å². The molecule has 0 atom stereocenters. The van der Waals surface area contributed by atoms with Crippen molar-refractivity contribution in [3.05, 3.63) is 203 Å². The Hall–Kier alpha value is -3.56. The summed E-state index contributed by atoms with van der Waals surface area (Å²) in [4.78, 5) is 0. The first-order valence-electron chi connectivity index (χ1n) is 17.4. The van der Waals surface area contributed by atoms with Crippen LogP contribution in [0.3, 0.4) is 0 Å². The molecule has 0 N–H and O–H groups in total. The maximum absolute atomic E-state index is 6.86. The average molecular weight is 830 g/mol. The van der Waals surface area contributed by atoms with Crippen molar-refractivity contribution < 1.29 is 33.6 Å². The molecular formula is C48H41ClFeNiP2-6. The average Bonchev–Trinajstić information content (AvgIpc) is 3.82. The zero-order chi connectivity index (χ0) is 35.3. The summed E-state index contributed by atoms with van der Waals surface area (Å²) in [5.74, 6) is 0. The van der Waals surface area contributed by atoms with E-state index in [1.165, 1.54) is 70.4 Å². The second kappa shape index (κ2) is 18.7. The smallest absolute Gasteiger partial charge is 0 e. The third-order valence-corrected chi connectivity index (χ3v) is 14.5. The molecule has 8 aromatic carbocycles. The van der Waals surface area contributed by atoms with E-state index in [0.29, 0.717) is 0 Å². The Balaban J connectivity index is 0.000000214. The van der Waals surface area contributed by atoms with Crippen molar-refractivity contribution in [2.75, 3.05) is 0 Å². The third-order valence-electron chi connectivity index (χ3n) is 9.25. The summed E-state index contributed by atoms with van der Waals surface area (Å²) >= 11 is 6.86. The second-order valence-electron chi connectivity index (χ2n) is 13.1. The molecule has 5 heteroatoms. The molecule has 0 unspecified atom stereocenters. The van der Waals surface area contributed by atoms with Gasteiger partial charge in [0, 0.05) is 33.6 Å². The summed E-state index contributed by atoms with van der Waals surface area (Å²) in [5.41, 5.74) is 7.54. The minimum absolute atomic E-state index is 0. The summed E-state index contributed by atoms with van der Waals surface area (Å²) in [6.45, 7) is 8.55. The minimum atomic E-state index is -0.734. The summed E-state index contributed by atoms with van der Waals surface area (Å²) in [5, 5.41) is 11.5. The second-order valence-corrected chi connectivity index (χ2v) is 17.9. The normalized spacial score (nSPS) is 10.8. The molecule has 274 valence electrons. The molecule has 0 heterocycles. The van der Waals surface area contributed by atoms with Gasteiger partial charge < -0.3 is 45.2 Å². The minimum Gasteiger partial charge on any atom is -0.769 e. The molecule has 0 nitrogen and oxygen atoms in total. The van der Waals surface area contributed by atoms with Gasteiger partial charge in [-0.25, -0.2) is 26.1 Å². The molecule has 0 bridgehead atoms. The molecule has 0 radical (unpaired) electrons. The zero-order valence-corrected chi connectivity index (χ0v) is 34.8. The van der Waals surface area contributed by atoms with Crippen molar-refractivity contribution in [2.24, 2.45) is 0 Å². The van der Waals surface area contributed by atoms with Gasteiger partial charge in [0.25, 0.3) is 0 Å². The summed E-state index contributed by atoms with van der Waals surface area (Å²) in [7, 11) is -1.17. The first-order valence-corrected chi connectivity index (χ1v) is 20.4. The third kappa shape index (κ3) is 9.40. The van der Waals surface area contributed by atoms with Gasteiger partial charge in [0.05, 0.1) is 0 Å². The van der Waals surface area contributed by atoms with E-state index < -0.39 is 15.8 Å². The molecule has 0 saturated carbocycles. The predicted octanol–water partition coefficient (Wildman–Crippen LogP) is 11.0. The monoisotopic (exact) mass is 828 g/mol. The van der Waals surface area contributed by atoms with Crippen LogP contribution in [0.15, 0.2) is 176 Å². The number of halogens is 1. The van der Waals surface area contributed by atoms with Gasteiger partial charge in [-0.15, -0.1) is 5.30 Å². The molecule has 0 aliphatic carbocycles. The van der Waals surface area contributed by atoms with Crippen molar-refractivity contribution in [1.82, 2.24) is 0 Å². The van der Waals surface area contributed by atoms with Crippen LogP contribution in [0.1, 0.15) is 22.3 Å². The van der Waals surface area contributed by atoms with E-state index in [1.54, 1.807) is 0 Å². The van der Waals surface area contributed by atoms with Gasteiger partial charge in [-0.05, 0) is 54.3 Å². The number of fused-ring (bicyclic) bond motifs is 1. The maximum Gasteiger partial charge on any atom is 0 e. The predicted molar refractivity (Wildman–Crippen MR) is 228 cm³/mol. The van der Waals surface area contributed by atoms with Crippen LogP contribution in [0.2, 0.25) is 5.02 Å². The van der Waals surface area contributed by atoms with E-state index in [0.717, 1.165) is 10.6 Å². The van der Waals surface area contributed by atoms with Gasteiger partial charge in [0.1, 0.15) is 0 Å². The Bertz CT molecular complexity index is 2250. The quantitative estimate of drug-likeness (QED) is 0.0853. The fourth-order valence-corrected chi connectivity index (χ4v) is 11.5. The molecule has 8 aromatic rings. The van der Waals surface area contributed by atoms with Gasteiger partial charge >= 0.3 is 0 Å². The van der Waals surface area contributed by atoms with E-state index in [-0.39, 0.29) is 33.6 Å². The molecule has 0 fully saturated rings. The van der Waals surface area contributed by atoms with Gasteiger partial charge in [-0.3, -0.25) is 0 Å². The van der Waals surface area contributed by atoms with Crippen molar-refractivity contribution in [1.29, 1.82) is 0 Å². The van der Waals surface area contributed by atoms with E-state index in [9.17, 15) is 0 Å². The molecule has 0 aliphatic heterocycles. The number of hydrogen-bond donors (Lipinski definition) is 0.